The number of carboxylic acids is 1. The summed E-state index contributed by atoms with van der Waals surface area (Å²) >= 11 is 0. The molecule has 0 aliphatic carbocycles. The Balaban J connectivity index is 0.000000423. The van der Waals surface area contributed by atoms with E-state index in [0.29, 0.717) is 0 Å². The molecule has 0 saturated carbocycles. The number of halogens is 2. The van der Waals surface area contributed by atoms with E-state index >= 15 is 0 Å². The normalized spacial score (nSPS) is 9.33. The lowest BCUT2D eigenvalue weighted by atomic mass is 10.3. The van der Waals surface area contributed by atoms with Crippen molar-refractivity contribution in [2.45, 2.75) is 0 Å². The molecule has 8 heteroatoms. The highest BCUT2D eigenvalue weighted by Gasteiger charge is 2.01. The monoisotopic (exact) mass is 271 g/mol. The maximum absolute atomic E-state index is 10.8. The van der Waals surface area contributed by atoms with Crippen LogP contribution >= 0.6 is 21.4 Å². The Kier molecular flexibility index (Phi) is 6.23. The van der Waals surface area contributed by atoms with Gasteiger partial charge in [-0.1, -0.05) is 0 Å². The summed E-state index contributed by atoms with van der Waals surface area (Å²) in [5, 5.41) is 8.48. The first-order chi connectivity index (χ1) is 6.84. The van der Waals surface area contributed by atoms with Gasteiger partial charge in [-0.2, -0.15) is 0 Å². The topological polar surface area (TPSA) is 76.4 Å². The van der Waals surface area contributed by atoms with Crippen LogP contribution in [-0.4, -0.2) is 19.9 Å². The maximum Gasteiger partial charge on any atom is 0.337 e. The summed E-state index contributed by atoms with van der Waals surface area (Å²) in [5.41, 5.74) is -0.0953. The highest BCUT2D eigenvalue weighted by molar-refractivity contribution is 8.26. The van der Waals surface area contributed by atoms with Gasteiger partial charge in [-0.05, 0) is 6.07 Å². The summed E-state index contributed by atoms with van der Waals surface area (Å²) in [6.45, 7) is 0. The minimum absolute atomic E-state index is 0.118. The molecule has 15 heavy (non-hydrogen) atoms. The van der Waals surface area contributed by atoms with E-state index in [4.69, 9.17) is 9.32 Å². The molecule has 0 aliphatic heterocycles. The number of aryl methyl sites for hydroxylation is 1. The fourth-order valence-electron chi connectivity index (χ4n) is 0.720. The van der Waals surface area contributed by atoms with Gasteiger partial charge in [0, 0.05) is 40.7 Å². The average molecular weight is 272 g/mol. The average Bonchev–Trinajstić information content (AvgIpc) is 2.08. The zero-order chi connectivity index (χ0) is 12.0. The molecule has 0 fully saturated rings. The van der Waals surface area contributed by atoms with Gasteiger partial charge in [-0.25, -0.2) is 9.00 Å². The predicted molar refractivity (Wildman–Crippen MR) is 58.5 cm³/mol. The quantitative estimate of drug-likeness (QED) is 0.777. The van der Waals surface area contributed by atoms with Crippen molar-refractivity contribution < 1.29 is 14.1 Å². The van der Waals surface area contributed by atoms with E-state index in [1.54, 1.807) is 0 Å². The molecule has 0 unspecified atom stereocenters. The second kappa shape index (κ2) is 6.60. The Morgan fingerprint density at radius 2 is 1.93 bits per heavy atom. The number of aromatic nitrogens is 1. The van der Waals surface area contributed by atoms with Crippen molar-refractivity contribution in [2.75, 3.05) is 0 Å². The van der Waals surface area contributed by atoms with Crippen molar-refractivity contribution in [3.05, 3.63) is 34.2 Å². The third kappa shape index (κ3) is 6.27. The highest BCUT2D eigenvalue weighted by Crippen LogP contribution is 1.92. The van der Waals surface area contributed by atoms with Crippen molar-refractivity contribution >= 4 is 36.6 Å². The molecule has 0 spiro atoms. The molecule has 0 radical (unpaired) electrons. The van der Waals surface area contributed by atoms with Crippen molar-refractivity contribution in [1.29, 1.82) is 0 Å². The van der Waals surface area contributed by atoms with Crippen LogP contribution in [0.5, 0.6) is 0 Å². The molecule has 1 aromatic heterocycles. The molecule has 1 aromatic rings. The van der Waals surface area contributed by atoms with E-state index in [9.17, 15) is 9.59 Å². The van der Waals surface area contributed by atoms with E-state index in [0.717, 1.165) is 0 Å². The van der Waals surface area contributed by atoms with Gasteiger partial charge in [0.05, 0.1) is 5.56 Å². The van der Waals surface area contributed by atoms with Crippen LogP contribution in [0, 0.1) is 0 Å². The van der Waals surface area contributed by atoms with Gasteiger partial charge in [0.2, 0.25) is 14.8 Å². The molecule has 0 bridgehead atoms. The molecule has 0 atom stereocenters. The minimum atomic E-state index is -1.67. The number of rotatable bonds is 1. The van der Waals surface area contributed by atoms with Crippen LogP contribution in [0.1, 0.15) is 10.4 Å². The lowest BCUT2D eigenvalue weighted by Crippen LogP contribution is -2.16. The zero-order valence-corrected chi connectivity index (χ0v) is 9.84. The van der Waals surface area contributed by atoms with E-state index in [2.05, 4.69) is 21.4 Å². The number of pyridine rings is 1. The second-order valence-corrected chi connectivity index (χ2v) is 4.88. The first-order valence-corrected chi connectivity index (χ1v) is 6.29. The lowest BCUT2D eigenvalue weighted by molar-refractivity contribution is 0.0696. The van der Waals surface area contributed by atoms with E-state index in [1.807, 2.05) is 0 Å². The Morgan fingerprint density at radius 1 is 1.47 bits per heavy atom. The number of hydrogen-bond acceptors (Lipinski definition) is 3. The van der Waals surface area contributed by atoms with Gasteiger partial charge in [-0.15, -0.1) is 0 Å². The molecular formula is C7H7Cl2NO4S. The molecule has 0 aromatic carbocycles. The Morgan fingerprint density at radius 3 is 2.27 bits per heavy atom. The summed E-state index contributed by atoms with van der Waals surface area (Å²) in [6.07, 6.45) is 1.28. The van der Waals surface area contributed by atoms with Crippen LogP contribution in [0.2, 0.25) is 0 Å². The third-order valence-corrected chi connectivity index (χ3v) is 1.33. The summed E-state index contributed by atoms with van der Waals surface area (Å²) in [6, 6.07) is 2.51. The molecule has 5 nitrogen and oxygen atoms in total. The van der Waals surface area contributed by atoms with Crippen molar-refractivity contribution in [3.63, 3.8) is 0 Å². The summed E-state index contributed by atoms with van der Waals surface area (Å²) < 4.78 is 10.3. The number of nitrogens with zero attached hydrogens (tertiary/aromatic N) is 1. The smallest absolute Gasteiger partial charge is 0.337 e. The highest BCUT2D eigenvalue weighted by atomic mass is 36.0. The van der Waals surface area contributed by atoms with Gasteiger partial charge in [-0.3, -0.25) is 4.79 Å². The van der Waals surface area contributed by atoms with Gasteiger partial charge < -0.3 is 9.67 Å². The zero-order valence-electron chi connectivity index (χ0n) is 7.52. The maximum atomic E-state index is 10.8. The van der Waals surface area contributed by atoms with E-state index in [-0.39, 0.29) is 11.1 Å². The van der Waals surface area contributed by atoms with E-state index in [1.165, 1.54) is 29.9 Å². The number of carbonyl (C=O) groups is 1. The largest absolute Gasteiger partial charge is 0.478 e. The van der Waals surface area contributed by atoms with E-state index < -0.39 is 15.2 Å². The molecule has 1 rings (SSSR count). The number of aromatic carboxylic acids is 1. The minimum Gasteiger partial charge on any atom is -0.478 e. The summed E-state index contributed by atoms with van der Waals surface area (Å²) in [7, 11) is 8.87. The number of hydrogen-bond donors (Lipinski definition) is 1. The number of carboxylic acid groups (broad SMARTS) is 1. The van der Waals surface area contributed by atoms with Crippen molar-refractivity contribution in [1.82, 2.24) is 4.57 Å². The second-order valence-electron chi connectivity index (χ2n) is 2.36. The van der Waals surface area contributed by atoms with Crippen LogP contribution in [-0.2, 0) is 16.3 Å². The molecule has 1 heterocycles. The van der Waals surface area contributed by atoms with Gasteiger partial charge in [0.1, 0.15) is 0 Å². The summed E-state index contributed by atoms with van der Waals surface area (Å²) in [4.78, 5) is 21.1. The Bertz CT molecular complexity index is 427. The van der Waals surface area contributed by atoms with Gasteiger partial charge in [0.15, 0.2) is 0 Å². The SMILES string of the molecule is Cn1cc(C(=O)O)ccc1=O.O=S(Cl)Cl. The van der Waals surface area contributed by atoms with Crippen LogP contribution in [0.3, 0.4) is 0 Å². The van der Waals surface area contributed by atoms with Crippen LogP contribution in [0.4, 0.5) is 0 Å². The van der Waals surface area contributed by atoms with Crippen LogP contribution in [0.15, 0.2) is 23.1 Å². The summed E-state index contributed by atoms with van der Waals surface area (Å²) in [5.74, 6) is -1.03. The fraction of sp³-hybridized carbons (Fsp3) is 0.143. The van der Waals surface area contributed by atoms with Crippen molar-refractivity contribution in [2.24, 2.45) is 7.05 Å². The first kappa shape index (κ1) is 14.2. The Labute approximate surface area is 96.7 Å². The molecule has 84 valence electrons. The first-order valence-electron chi connectivity index (χ1n) is 3.49. The van der Waals surface area contributed by atoms with Crippen LogP contribution in [0.25, 0.3) is 0 Å². The predicted octanol–water partition coefficient (Wildman–Crippen LogP) is 1.13. The van der Waals surface area contributed by atoms with Crippen molar-refractivity contribution in [3.8, 4) is 0 Å². The third-order valence-electron chi connectivity index (χ3n) is 1.33. The standard InChI is InChI=1S/C7H7NO3.Cl2OS/c1-8-4-5(7(10)11)2-3-6(8)9;1-4(2)3/h2-4H,1H3,(H,10,11);. The van der Waals surface area contributed by atoms with Gasteiger partial charge in [0.25, 0.3) is 0 Å². The fourth-order valence-corrected chi connectivity index (χ4v) is 0.720. The molecule has 1 N–H and O–H groups in total. The molecule has 0 amide bonds. The van der Waals surface area contributed by atoms with Crippen LogP contribution < -0.4 is 5.56 Å². The lowest BCUT2D eigenvalue weighted by Gasteiger charge is -1.96. The molecule has 0 aliphatic rings. The Hall–Kier alpha value is -0.850. The van der Waals surface area contributed by atoms with Gasteiger partial charge >= 0.3 is 5.97 Å². The molecular weight excluding hydrogens is 265 g/mol. The molecule has 0 saturated heterocycles.